The van der Waals surface area contributed by atoms with Crippen molar-refractivity contribution in [1.82, 2.24) is 0 Å². The lowest BCUT2D eigenvalue weighted by molar-refractivity contribution is 0.0697. The standard InChI is InChI=1S/C21H17BrFNO3/c22-17-7-10-20(27-13-15-3-1-2-4-19(15)23)16(11-17)12-24-18-8-5-14(6-9-18)21(25)26/h1-11,24H,12-13H2,(H,25,26). The van der Waals surface area contributed by atoms with Crippen molar-refractivity contribution >= 4 is 27.6 Å². The predicted molar refractivity (Wildman–Crippen MR) is 106 cm³/mol. The molecule has 3 aromatic rings. The Morgan fingerprint density at radius 2 is 1.78 bits per heavy atom. The maximum Gasteiger partial charge on any atom is 0.335 e. The Morgan fingerprint density at radius 1 is 1.04 bits per heavy atom. The topological polar surface area (TPSA) is 58.6 Å². The molecule has 4 nitrogen and oxygen atoms in total. The second-order valence-corrected chi connectivity index (χ2v) is 6.78. The summed E-state index contributed by atoms with van der Waals surface area (Å²) >= 11 is 3.45. The van der Waals surface area contributed by atoms with Crippen LogP contribution in [0.25, 0.3) is 0 Å². The number of anilines is 1. The lowest BCUT2D eigenvalue weighted by atomic mass is 10.1. The van der Waals surface area contributed by atoms with Gasteiger partial charge in [-0.15, -0.1) is 0 Å². The molecule has 27 heavy (non-hydrogen) atoms. The van der Waals surface area contributed by atoms with Crippen LogP contribution < -0.4 is 10.1 Å². The van der Waals surface area contributed by atoms with Crippen LogP contribution in [0.3, 0.4) is 0 Å². The predicted octanol–water partition coefficient (Wildman–Crippen LogP) is 5.48. The molecule has 0 heterocycles. The number of halogens is 2. The minimum atomic E-state index is -0.961. The van der Waals surface area contributed by atoms with Crippen LogP contribution >= 0.6 is 15.9 Å². The fraction of sp³-hybridized carbons (Fsp3) is 0.0952. The van der Waals surface area contributed by atoms with Crippen LogP contribution in [0.15, 0.2) is 71.2 Å². The van der Waals surface area contributed by atoms with E-state index in [2.05, 4.69) is 21.2 Å². The molecule has 0 saturated heterocycles. The van der Waals surface area contributed by atoms with Crippen LogP contribution in [0.5, 0.6) is 5.75 Å². The highest BCUT2D eigenvalue weighted by atomic mass is 79.9. The van der Waals surface area contributed by atoms with Crippen molar-refractivity contribution in [3.05, 3.63) is 93.7 Å². The monoisotopic (exact) mass is 429 g/mol. The Bertz CT molecular complexity index is 944. The molecule has 0 aliphatic rings. The number of aromatic carboxylic acids is 1. The van der Waals surface area contributed by atoms with Gasteiger partial charge in [0.2, 0.25) is 0 Å². The van der Waals surface area contributed by atoms with Gasteiger partial charge in [0, 0.05) is 27.8 Å². The van der Waals surface area contributed by atoms with E-state index >= 15 is 0 Å². The van der Waals surface area contributed by atoms with Gasteiger partial charge in [0.25, 0.3) is 0 Å². The Labute approximate surface area is 164 Å². The Balaban J connectivity index is 1.70. The zero-order valence-electron chi connectivity index (χ0n) is 14.3. The number of carboxylic acid groups (broad SMARTS) is 1. The van der Waals surface area contributed by atoms with Crippen molar-refractivity contribution in [2.75, 3.05) is 5.32 Å². The van der Waals surface area contributed by atoms with Crippen LogP contribution in [-0.2, 0) is 13.2 Å². The van der Waals surface area contributed by atoms with Gasteiger partial charge in [0.15, 0.2) is 0 Å². The SMILES string of the molecule is O=C(O)c1ccc(NCc2cc(Br)ccc2OCc2ccccc2F)cc1. The van der Waals surface area contributed by atoms with Gasteiger partial charge in [0.1, 0.15) is 18.2 Å². The van der Waals surface area contributed by atoms with Crippen LogP contribution in [0.2, 0.25) is 0 Å². The third-order valence-corrected chi connectivity index (χ3v) is 4.47. The van der Waals surface area contributed by atoms with E-state index in [9.17, 15) is 9.18 Å². The van der Waals surface area contributed by atoms with Crippen molar-refractivity contribution in [3.8, 4) is 5.75 Å². The fourth-order valence-corrected chi connectivity index (χ4v) is 2.93. The van der Waals surface area contributed by atoms with Gasteiger partial charge in [-0.2, -0.15) is 0 Å². The summed E-state index contributed by atoms with van der Waals surface area (Å²) in [6.45, 7) is 0.604. The van der Waals surface area contributed by atoms with Crippen molar-refractivity contribution < 1.29 is 19.0 Å². The number of ether oxygens (including phenoxy) is 1. The smallest absolute Gasteiger partial charge is 0.335 e. The van der Waals surface area contributed by atoms with Crippen molar-refractivity contribution in [3.63, 3.8) is 0 Å². The van der Waals surface area contributed by atoms with Gasteiger partial charge in [0.05, 0.1) is 5.56 Å². The molecular formula is C21H17BrFNO3. The zero-order valence-corrected chi connectivity index (χ0v) is 15.9. The molecule has 0 amide bonds. The van der Waals surface area contributed by atoms with Crippen molar-refractivity contribution in [2.24, 2.45) is 0 Å². The molecule has 0 atom stereocenters. The minimum absolute atomic E-state index is 0.134. The highest BCUT2D eigenvalue weighted by Crippen LogP contribution is 2.25. The molecule has 0 aliphatic carbocycles. The first-order valence-electron chi connectivity index (χ1n) is 8.25. The fourth-order valence-electron chi connectivity index (χ4n) is 2.53. The Hall–Kier alpha value is -2.86. The molecule has 0 fully saturated rings. The average molecular weight is 430 g/mol. The number of hydrogen-bond donors (Lipinski definition) is 2. The molecule has 3 rings (SSSR count). The molecule has 3 aromatic carbocycles. The van der Waals surface area contributed by atoms with Crippen LogP contribution in [0.4, 0.5) is 10.1 Å². The lowest BCUT2D eigenvalue weighted by Crippen LogP contribution is -2.05. The van der Waals surface area contributed by atoms with Gasteiger partial charge in [-0.25, -0.2) is 9.18 Å². The van der Waals surface area contributed by atoms with Crippen molar-refractivity contribution in [2.45, 2.75) is 13.2 Å². The van der Waals surface area contributed by atoms with Gasteiger partial charge < -0.3 is 15.2 Å². The molecule has 0 bridgehead atoms. The Kier molecular flexibility index (Phi) is 6.08. The van der Waals surface area contributed by atoms with E-state index in [0.717, 1.165) is 15.7 Å². The van der Waals surface area contributed by atoms with E-state index in [1.165, 1.54) is 6.07 Å². The normalized spacial score (nSPS) is 10.4. The van der Waals surface area contributed by atoms with Crippen LogP contribution in [0.1, 0.15) is 21.5 Å². The molecule has 138 valence electrons. The molecule has 6 heteroatoms. The summed E-state index contributed by atoms with van der Waals surface area (Å²) in [7, 11) is 0. The third kappa shape index (κ3) is 5.08. The first-order chi connectivity index (χ1) is 13.0. The number of hydrogen-bond acceptors (Lipinski definition) is 3. The second-order valence-electron chi connectivity index (χ2n) is 5.87. The maximum atomic E-state index is 13.8. The van der Waals surface area contributed by atoms with Gasteiger partial charge >= 0.3 is 5.97 Å². The number of carbonyl (C=O) groups is 1. The zero-order chi connectivity index (χ0) is 19.2. The van der Waals surface area contributed by atoms with E-state index in [0.29, 0.717) is 17.9 Å². The summed E-state index contributed by atoms with van der Waals surface area (Å²) < 4.78 is 20.5. The Morgan fingerprint density at radius 3 is 2.48 bits per heavy atom. The summed E-state index contributed by atoms with van der Waals surface area (Å²) in [6.07, 6.45) is 0. The molecule has 0 saturated carbocycles. The first kappa shape index (κ1) is 18.9. The van der Waals surface area contributed by atoms with Gasteiger partial charge in [-0.05, 0) is 48.5 Å². The second kappa shape index (κ2) is 8.68. The van der Waals surface area contributed by atoms with Gasteiger partial charge in [-0.1, -0.05) is 34.1 Å². The molecule has 2 N–H and O–H groups in total. The molecule has 0 radical (unpaired) electrons. The largest absolute Gasteiger partial charge is 0.488 e. The number of carboxylic acids is 1. The van der Waals surface area contributed by atoms with Crippen LogP contribution in [-0.4, -0.2) is 11.1 Å². The van der Waals surface area contributed by atoms with Crippen LogP contribution in [0, 0.1) is 5.82 Å². The van der Waals surface area contributed by atoms with Crippen molar-refractivity contribution in [1.29, 1.82) is 0 Å². The maximum absolute atomic E-state index is 13.8. The summed E-state index contributed by atoms with van der Waals surface area (Å²) in [5.74, 6) is -0.610. The highest BCUT2D eigenvalue weighted by Gasteiger charge is 2.08. The number of rotatable bonds is 7. The summed E-state index contributed by atoms with van der Waals surface area (Å²) in [6, 6.07) is 18.6. The molecule has 0 spiro atoms. The highest BCUT2D eigenvalue weighted by molar-refractivity contribution is 9.10. The quantitative estimate of drug-likeness (QED) is 0.522. The minimum Gasteiger partial charge on any atom is -0.488 e. The summed E-state index contributed by atoms with van der Waals surface area (Å²) in [5.41, 5.74) is 2.41. The average Bonchev–Trinajstić information content (AvgIpc) is 2.67. The molecule has 0 aliphatic heterocycles. The summed E-state index contributed by atoms with van der Waals surface area (Å²) in [4.78, 5) is 10.9. The van der Waals surface area contributed by atoms with E-state index in [4.69, 9.17) is 9.84 Å². The van der Waals surface area contributed by atoms with E-state index in [1.54, 1.807) is 42.5 Å². The molecule has 0 aromatic heterocycles. The van der Waals surface area contributed by atoms with Gasteiger partial charge in [-0.3, -0.25) is 0 Å². The summed E-state index contributed by atoms with van der Waals surface area (Å²) in [5, 5.41) is 12.2. The van der Waals surface area contributed by atoms with E-state index in [1.807, 2.05) is 18.2 Å². The number of nitrogens with one attached hydrogen (secondary N) is 1. The molecular weight excluding hydrogens is 413 g/mol. The molecule has 0 unspecified atom stereocenters. The lowest BCUT2D eigenvalue weighted by Gasteiger charge is -2.14. The number of benzene rings is 3. The first-order valence-corrected chi connectivity index (χ1v) is 9.04. The van der Waals surface area contributed by atoms with E-state index in [-0.39, 0.29) is 18.0 Å². The van der Waals surface area contributed by atoms with E-state index < -0.39 is 5.97 Å². The third-order valence-electron chi connectivity index (χ3n) is 3.98.